The number of methoxy groups -OCH3 is 2. The van der Waals surface area contributed by atoms with Gasteiger partial charge in [0, 0.05) is 22.9 Å². The van der Waals surface area contributed by atoms with Gasteiger partial charge in [0.1, 0.15) is 11.3 Å². The molecule has 0 aliphatic heterocycles. The van der Waals surface area contributed by atoms with E-state index in [-0.39, 0.29) is 22.9 Å². The van der Waals surface area contributed by atoms with Gasteiger partial charge in [-0.1, -0.05) is 39.0 Å². The maximum Gasteiger partial charge on any atom is 0.340 e. The van der Waals surface area contributed by atoms with E-state index in [0.717, 1.165) is 5.39 Å². The Morgan fingerprint density at radius 3 is 2.29 bits per heavy atom. The van der Waals surface area contributed by atoms with Gasteiger partial charge >= 0.3 is 5.97 Å². The van der Waals surface area contributed by atoms with Crippen molar-refractivity contribution in [3.8, 4) is 11.5 Å². The van der Waals surface area contributed by atoms with Crippen molar-refractivity contribution in [2.24, 2.45) is 5.41 Å². The minimum atomic E-state index is -0.804. The number of fused-ring (bicyclic) bond motifs is 1. The fourth-order valence-corrected chi connectivity index (χ4v) is 3.24. The van der Waals surface area contributed by atoms with Crippen LogP contribution in [-0.2, 0) is 14.3 Å². The van der Waals surface area contributed by atoms with Crippen molar-refractivity contribution in [2.45, 2.75) is 33.7 Å². The highest BCUT2D eigenvalue weighted by Crippen LogP contribution is 2.34. The van der Waals surface area contributed by atoms with Gasteiger partial charge in [0.25, 0.3) is 5.91 Å². The number of para-hydroxylation sites is 1. The summed E-state index contributed by atoms with van der Waals surface area (Å²) in [5.41, 5.74) is 0.219. The number of furan rings is 1. The van der Waals surface area contributed by atoms with Gasteiger partial charge in [0.05, 0.1) is 31.5 Å². The second-order valence-corrected chi connectivity index (χ2v) is 9.01. The summed E-state index contributed by atoms with van der Waals surface area (Å²) in [5, 5.41) is 6.39. The van der Waals surface area contributed by atoms with Gasteiger partial charge in [-0.05, 0) is 19.1 Å². The van der Waals surface area contributed by atoms with Crippen LogP contribution in [0.25, 0.3) is 11.0 Å². The SMILES string of the molecule is COc1cc(NC(=O)C(C)(C)C)c(C(=O)OCC(=O)NC(C)c2cc3ccccc3o2)cc1OC. The van der Waals surface area contributed by atoms with E-state index in [1.165, 1.54) is 26.4 Å². The van der Waals surface area contributed by atoms with Gasteiger partial charge in [0.2, 0.25) is 5.91 Å². The average Bonchev–Trinajstić information content (AvgIpc) is 3.26. The zero-order valence-electron chi connectivity index (χ0n) is 20.7. The molecule has 1 aromatic heterocycles. The lowest BCUT2D eigenvalue weighted by Gasteiger charge is -2.20. The Balaban J connectivity index is 1.71. The van der Waals surface area contributed by atoms with Crippen LogP contribution in [-0.4, -0.2) is 38.6 Å². The third-order valence-electron chi connectivity index (χ3n) is 5.26. The number of hydrogen-bond donors (Lipinski definition) is 2. The van der Waals surface area contributed by atoms with Crippen molar-refractivity contribution in [1.82, 2.24) is 5.32 Å². The second-order valence-electron chi connectivity index (χ2n) is 9.01. The first-order valence-electron chi connectivity index (χ1n) is 11.1. The molecule has 0 aliphatic rings. The Morgan fingerprint density at radius 2 is 1.66 bits per heavy atom. The molecule has 2 aromatic carbocycles. The lowest BCUT2D eigenvalue weighted by atomic mass is 9.95. The highest BCUT2D eigenvalue weighted by Gasteiger charge is 2.26. The second kappa shape index (κ2) is 10.5. The molecule has 0 saturated heterocycles. The number of rotatable bonds is 8. The van der Waals surface area contributed by atoms with Crippen LogP contribution in [0.2, 0.25) is 0 Å². The first kappa shape index (κ1) is 25.6. The van der Waals surface area contributed by atoms with Crippen molar-refractivity contribution >= 4 is 34.4 Å². The van der Waals surface area contributed by atoms with E-state index in [1.807, 2.05) is 30.3 Å². The van der Waals surface area contributed by atoms with Crippen molar-refractivity contribution in [1.29, 1.82) is 0 Å². The summed E-state index contributed by atoms with van der Waals surface area (Å²) in [4.78, 5) is 37.9. The number of carbonyl (C=O) groups excluding carboxylic acids is 3. The first-order chi connectivity index (χ1) is 16.5. The Morgan fingerprint density at radius 1 is 1.00 bits per heavy atom. The topological polar surface area (TPSA) is 116 Å². The number of hydrogen-bond acceptors (Lipinski definition) is 7. The van der Waals surface area contributed by atoms with E-state index in [0.29, 0.717) is 17.1 Å². The molecule has 35 heavy (non-hydrogen) atoms. The van der Waals surface area contributed by atoms with Gasteiger partial charge in [-0.15, -0.1) is 0 Å². The quantitative estimate of drug-likeness (QED) is 0.455. The lowest BCUT2D eigenvalue weighted by Crippen LogP contribution is -2.31. The van der Waals surface area contributed by atoms with E-state index in [2.05, 4.69) is 10.6 Å². The number of benzene rings is 2. The summed E-state index contributed by atoms with van der Waals surface area (Å²) in [5.74, 6) is -0.440. The minimum absolute atomic E-state index is 0.0263. The van der Waals surface area contributed by atoms with Gasteiger partial charge in [-0.3, -0.25) is 9.59 Å². The number of carbonyl (C=O) groups is 3. The number of ether oxygens (including phenoxy) is 3. The van der Waals surface area contributed by atoms with Crippen molar-refractivity contribution < 1.29 is 33.0 Å². The van der Waals surface area contributed by atoms with Gasteiger partial charge in [-0.2, -0.15) is 0 Å². The standard InChI is InChI=1S/C26H30N2O7/c1-15(20-11-16-9-7-8-10-19(16)35-20)27-23(29)14-34-24(30)17-12-21(32-5)22(33-6)13-18(17)28-25(31)26(2,3)4/h7-13,15H,14H2,1-6H3,(H,27,29)(H,28,31). The van der Waals surface area contributed by atoms with E-state index >= 15 is 0 Å². The number of anilines is 1. The molecule has 3 rings (SSSR count). The van der Waals surface area contributed by atoms with E-state index in [1.54, 1.807) is 27.7 Å². The maximum atomic E-state index is 12.9. The molecule has 186 valence electrons. The molecular weight excluding hydrogens is 452 g/mol. The van der Waals surface area contributed by atoms with E-state index in [9.17, 15) is 14.4 Å². The highest BCUT2D eigenvalue weighted by atomic mass is 16.5. The minimum Gasteiger partial charge on any atom is -0.493 e. The zero-order chi connectivity index (χ0) is 25.8. The monoisotopic (exact) mass is 482 g/mol. The van der Waals surface area contributed by atoms with Crippen LogP contribution < -0.4 is 20.1 Å². The predicted octanol–water partition coefficient (Wildman–Crippen LogP) is 4.47. The Kier molecular flexibility index (Phi) is 7.68. The van der Waals surface area contributed by atoms with Crippen molar-refractivity contribution in [3.63, 3.8) is 0 Å². The predicted molar refractivity (Wildman–Crippen MR) is 131 cm³/mol. The highest BCUT2D eigenvalue weighted by molar-refractivity contribution is 6.04. The van der Waals surface area contributed by atoms with E-state index in [4.69, 9.17) is 18.6 Å². The summed E-state index contributed by atoms with van der Waals surface area (Å²) >= 11 is 0. The molecule has 9 nitrogen and oxygen atoms in total. The van der Waals surface area contributed by atoms with Crippen molar-refractivity contribution in [2.75, 3.05) is 26.1 Å². The fourth-order valence-electron chi connectivity index (χ4n) is 3.24. The number of nitrogens with one attached hydrogen (secondary N) is 2. The van der Waals surface area contributed by atoms with Crippen LogP contribution in [0.1, 0.15) is 49.9 Å². The third-order valence-corrected chi connectivity index (χ3v) is 5.26. The molecule has 0 spiro atoms. The summed E-state index contributed by atoms with van der Waals surface area (Å²) in [7, 11) is 2.87. The van der Waals surface area contributed by atoms with Crippen LogP contribution in [0, 0.1) is 5.41 Å². The Labute approximate surface area is 203 Å². The molecule has 3 aromatic rings. The van der Waals surface area contributed by atoms with Crippen LogP contribution in [0.5, 0.6) is 11.5 Å². The van der Waals surface area contributed by atoms with Crippen LogP contribution >= 0.6 is 0 Å². The molecule has 1 unspecified atom stereocenters. The van der Waals surface area contributed by atoms with Gasteiger partial charge in [0.15, 0.2) is 18.1 Å². The van der Waals surface area contributed by atoms with E-state index < -0.39 is 29.9 Å². The molecule has 0 aliphatic carbocycles. The molecule has 9 heteroatoms. The molecule has 2 N–H and O–H groups in total. The van der Waals surface area contributed by atoms with Crippen LogP contribution in [0.4, 0.5) is 5.69 Å². The van der Waals surface area contributed by atoms with Crippen LogP contribution in [0.15, 0.2) is 46.9 Å². The molecule has 2 amide bonds. The zero-order valence-corrected chi connectivity index (χ0v) is 20.7. The Hall–Kier alpha value is -4.01. The van der Waals surface area contributed by atoms with Crippen LogP contribution in [0.3, 0.4) is 0 Å². The largest absolute Gasteiger partial charge is 0.493 e. The first-order valence-corrected chi connectivity index (χ1v) is 11.1. The fraction of sp³-hybridized carbons (Fsp3) is 0.346. The average molecular weight is 483 g/mol. The summed E-state index contributed by atoms with van der Waals surface area (Å²) in [6.07, 6.45) is 0. The summed E-state index contributed by atoms with van der Waals surface area (Å²) < 4.78 is 21.6. The molecule has 0 saturated carbocycles. The summed E-state index contributed by atoms with van der Waals surface area (Å²) in [6, 6.07) is 11.8. The number of amides is 2. The molecular formula is C26H30N2O7. The molecule has 0 radical (unpaired) electrons. The molecule has 0 fully saturated rings. The smallest absolute Gasteiger partial charge is 0.340 e. The molecule has 1 atom stereocenters. The maximum absolute atomic E-state index is 12.9. The molecule has 0 bridgehead atoms. The number of esters is 1. The third kappa shape index (κ3) is 6.11. The lowest BCUT2D eigenvalue weighted by molar-refractivity contribution is -0.125. The summed E-state index contributed by atoms with van der Waals surface area (Å²) in [6.45, 7) is 6.48. The Bertz CT molecular complexity index is 1210. The van der Waals surface area contributed by atoms with Crippen molar-refractivity contribution in [3.05, 3.63) is 53.8 Å². The molecule has 1 heterocycles. The normalized spacial score (nSPS) is 12.1. The van der Waals surface area contributed by atoms with Gasteiger partial charge < -0.3 is 29.3 Å². The van der Waals surface area contributed by atoms with Gasteiger partial charge in [-0.25, -0.2) is 4.79 Å².